The lowest BCUT2D eigenvalue weighted by molar-refractivity contribution is -0.138. The molecule has 1 N–H and O–H groups in total. The molecule has 0 aliphatic carbocycles. The van der Waals surface area contributed by atoms with Crippen molar-refractivity contribution < 1.29 is 14.3 Å². The molecular weight excluding hydrogens is 404 g/mol. The van der Waals surface area contributed by atoms with E-state index in [0.29, 0.717) is 38.1 Å². The van der Waals surface area contributed by atoms with E-state index in [4.69, 9.17) is 9.72 Å². The highest BCUT2D eigenvalue weighted by Crippen LogP contribution is 2.30. The van der Waals surface area contributed by atoms with Crippen LogP contribution in [0.15, 0.2) is 36.5 Å². The van der Waals surface area contributed by atoms with E-state index in [9.17, 15) is 9.59 Å². The van der Waals surface area contributed by atoms with Crippen LogP contribution < -0.4 is 5.32 Å². The third-order valence-electron chi connectivity index (χ3n) is 6.07. The number of morpholine rings is 1. The van der Waals surface area contributed by atoms with E-state index < -0.39 is 0 Å². The van der Waals surface area contributed by atoms with E-state index >= 15 is 0 Å². The van der Waals surface area contributed by atoms with E-state index in [1.165, 1.54) is 0 Å². The standard InChI is InChI=1S/C25H30N4O3/c1-5-23(30)28-10-11-32-19(15-28)14-21-24(27-22-12-16(2)8-9-29(21)22)20-7-6-18(13-17(20)3)25(31)26-4/h6-9,12-13,19H,5,10-11,14-15H2,1-4H3,(H,26,31)/t19-/m1/s1. The Morgan fingerprint density at radius 1 is 1.22 bits per heavy atom. The summed E-state index contributed by atoms with van der Waals surface area (Å²) in [7, 11) is 1.63. The second-order valence-electron chi connectivity index (χ2n) is 8.34. The van der Waals surface area contributed by atoms with Gasteiger partial charge in [0, 0.05) is 50.3 Å². The second kappa shape index (κ2) is 9.12. The minimum absolute atomic E-state index is 0.0929. The van der Waals surface area contributed by atoms with Gasteiger partial charge in [-0.2, -0.15) is 0 Å². The molecule has 1 saturated heterocycles. The minimum atomic E-state index is -0.109. The number of hydrogen-bond donors (Lipinski definition) is 1. The van der Waals surface area contributed by atoms with Crippen LogP contribution in [0.1, 0.15) is 40.5 Å². The number of hydrogen-bond acceptors (Lipinski definition) is 4. The van der Waals surface area contributed by atoms with Crippen molar-refractivity contribution in [3.63, 3.8) is 0 Å². The summed E-state index contributed by atoms with van der Waals surface area (Å²) in [4.78, 5) is 31.1. The molecule has 1 atom stereocenters. The highest BCUT2D eigenvalue weighted by Gasteiger charge is 2.26. The maximum atomic E-state index is 12.2. The van der Waals surface area contributed by atoms with Crippen LogP contribution in [-0.4, -0.2) is 58.9 Å². The maximum Gasteiger partial charge on any atom is 0.251 e. The number of amides is 2. The predicted octanol–water partition coefficient (Wildman–Crippen LogP) is 3.16. The average molecular weight is 435 g/mol. The van der Waals surface area contributed by atoms with Gasteiger partial charge < -0.3 is 19.4 Å². The molecule has 3 heterocycles. The van der Waals surface area contributed by atoms with Crippen molar-refractivity contribution >= 4 is 17.5 Å². The fourth-order valence-corrected chi connectivity index (χ4v) is 4.33. The SMILES string of the molecule is CCC(=O)N1CCO[C@H](Cc2c(-c3ccc(C(=O)NC)cc3C)nc3cc(C)ccn23)C1. The first kappa shape index (κ1) is 22.0. The Balaban J connectivity index is 1.74. The van der Waals surface area contributed by atoms with Gasteiger partial charge in [0.1, 0.15) is 5.65 Å². The van der Waals surface area contributed by atoms with Gasteiger partial charge in [0.25, 0.3) is 5.91 Å². The Morgan fingerprint density at radius 3 is 2.75 bits per heavy atom. The van der Waals surface area contributed by atoms with Gasteiger partial charge in [-0.25, -0.2) is 4.98 Å². The zero-order chi connectivity index (χ0) is 22.8. The number of aromatic nitrogens is 2. The van der Waals surface area contributed by atoms with Gasteiger partial charge in [-0.1, -0.05) is 13.0 Å². The number of aryl methyl sites for hydroxylation is 2. The summed E-state index contributed by atoms with van der Waals surface area (Å²) < 4.78 is 8.16. The number of ether oxygens (including phenoxy) is 1. The zero-order valence-corrected chi connectivity index (χ0v) is 19.1. The third-order valence-corrected chi connectivity index (χ3v) is 6.07. The fourth-order valence-electron chi connectivity index (χ4n) is 4.33. The van der Waals surface area contributed by atoms with Crippen LogP contribution in [0.4, 0.5) is 0 Å². The number of fused-ring (bicyclic) bond motifs is 1. The van der Waals surface area contributed by atoms with Crippen molar-refractivity contribution in [3.05, 3.63) is 58.9 Å². The smallest absolute Gasteiger partial charge is 0.251 e. The van der Waals surface area contributed by atoms with Crippen LogP contribution in [-0.2, 0) is 16.0 Å². The Bertz CT molecular complexity index is 1170. The average Bonchev–Trinajstić information content (AvgIpc) is 3.14. The van der Waals surface area contributed by atoms with Gasteiger partial charge in [-0.05, 0) is 49.2 Å². The Kier molecular flexibility index (Phi) is 6.28. The van der Waals surface area contributed by atoms with Gasteiger partial charge >= 0.3 is 0 Å². The van der Waals surface area contributed by atoms with Crippen LogP contribution in [0.3, 0.4) is 0 Å². The lowest BCUT2D eigenvalue weighted by atomic mass is 9.99. The van der Waals surface area contributed by atoms with Gasteiger partial charge in [0.05, 0.1) is 24.1 Å². The zero-order valence-electron chi connectivity index (χ0n) is 19.1. The molecule has 32 heavy (non-hydrogen) atoms. The van der Waals surface area contributed by atoms with Crippen LogP contribution in [0, 0.1) is 13.8 Å². The molecular formula is C25H30N4O3. The van der Waals surface area contributed by atoms with Crippen molar-refractivity contribution in [2.75, 3.05) is 26.7 Å². The Hall–Kier alpha value is -3.19. The number of carbonyl (C=O) groups is 2. The van der Waals surface area contributed by atoms with Crippen molar-refractivity contribution in [1.82, 2.24) is 19.6 Å². The summed E-state index contributed by atoms with van der Waals surface area (Å²) in [5.41, 5.74) is 6.55. The normalized spacial score (nSPS) is 16.4. The van der Waals surface area contributed by atoms with Crippen LogP contribution in [0.25, 0.3) is 16.9 Å². The molecule has 1 fully saturated rings. The van der Waals surface area contributed by atoms with Gasteiger partial charge in [-0.3, -0.25) is 9.59 Å². The van der Waals surface area contributed by atoms with Crippen LogP contribution in [0.2, 0.25) is 0 Å². The van der Waals surface area contributed by atoms with Crippen molar-refractivity contribution in [2.45, 2.75) is 39.7 Å². The predicted molar refractivity (Wildman–Crippen MR) is 124 cm³/mol. The number of rotatable bonds is 5. The molecule has 1 aliphatic rings. The number of imidazole rings is 1. The summed E-state index contributed by atoms with van der Waals surface area (Å²) in [5, 5.41) is 2.67. The molecule has 0 radical (unpaired) electrons. The maximum absolute atomic E-state index is 12.2. The molecule has 1 aliphatic heterocycles. The number of nitrogens with one attached hydrogen (secondary N) is 1. The first-order valence-electron chi connectivity index (χ1n) is 11.1. The Morgan fingerprint density at radius 2 is 2.03 bits per heavy atom. The van der Waals surface area contributed by atoms with Gasteiger partial charge in [0.2, 0.25) is 5.91 Å². The third kappa shape index (κ3) is 4.25. The molecule has 0 spiro atoms. The molecule has 7 nitrogen and oxygen atoms in total. The van der Waals surface area contributed by atoms with Crippen molar-refractivity contribution in [2.24, 2.45) is 0 Å². The summed E-state index contributed by atoms with van der Waals surface area (Å²) in [5.74, 6) is 0.0507. The number of nitrogens with zero attached hydrogens (tertiary/aromatic N) is 3. The van der Waals surface area contributed by atoms with E-state index in [2.05, 4.69) is 28.8 Å². The van der Waals surface area contributed by atoms with Crippen LogP contribution in [0.5, 0.6) is 0 Å². The van der Waals surface area contributed by atoms with Gasteiger partial charge in [-0.15, -0.1) is 0 Å². The molecule has 4 rings (SSSR count). The monoisotopic (exact) mass is 434 g/mol. The summed E-state index contributed by atoms with van der Waals surface area (Å²) in [6.07, 6.45) is 3.10. The number of carbonyl (C=O) groups excluding carboxylic acids is 2. The Labute approximate surface area is 188 Å². The number of pyridine rings is 1. The molecule has 2 aromatic heterocycles. The molecule has 7 heteroatoms. The topological polar surface area (TPSA) is 75.9 Å². The largest absolute Gasteiger partial charge is 0.374 e. The summed E-state index contributed by atoms with van der Waals surface area (Å²) >= 11 is 0. The minimum Gasteiger partial charge on any atom is -0.374 e. The second-order valence-corrected chi connectivity index (χ2v) is 8.34. The highest BCUT2D eigenvalue weighted by molar-refractivity contribution is 5.95. The molecule has 0 unspecified atom stereocenters. The fraction of sp³-hybridized carbons (Fsp3) is 0.400. The van der Waals surface area contributed by atoms with E-state index in [0.717, 1.165) is 33.7 Å². The molecule has 2 amide bonds. The first-order chi connectivity index (χ1) is 15.4. The van der Waals surface area contributed by atoms with Crippen molar-refractivity contribution in [3.8, 4) is 11.3 Å². The lowest BCUT2D eigenvalue weighted by Crippen LogP contribution is -2.46. The quantitative estimate of drug-likeness (QED) is 0.669. The molecule has 0 saturated carbocycles. The highest BCUT2D eigenvalue weighted by atomic mass is 16.5. The lowest BCUT2D eigenvalue weighted by Gasteiger charge is -2.33. The van der Waals surface area contributed by atoms with E-state index in [-0.39, 0.29) is 17.9 Å². The molecule has 1 aromatic carbocycles. The van der Waals surface area contributed by atoms with Crippen molar-refractivity contribution in [1.29, 1.82) is 0 Å². The molecule has 0 bridgehead atoms. The number of benzene rings is 1. The first-order valence-corrected chi connectivity index (χ1v) is 11.1. The van der Waals surface area contributed by atoms with Crippen LogP contribution >= 0.6 is 0 Å². The molecule has 3 aromatic rings. The summed E-state index contributed by atoms with van der Waals surface area (Å²) in [6.45, 7) is 7.71. The van der Waals surface area contributed by atoms with Gasteiger partial charge in [0.15, 0.2) is 0 Å². The molecule has 168 valence electrons. The van der Waals surface area contributed by atoms with E-state index in [1.54, 1.807) is 7.05 Å². The van der Waals surface area contributed by atoms with E-state index in [1.807, 2.05) is 43.1 Å². The summed E-state index contributed by atoms with van der Waals surface area (Å²) in [6, 6.07) is 9.83.